The lowest BCUT2D eigenvalue weighted by Gasteiger charge is -2.51. The maximum absolute atomic E-state index is 8.96. The van der Waals surface area contributed by atoms with E-state index in [0.29, 0.717) is 5.92 Å². The molecule has 2 unspecified atom stereocenters. The molecule has 2 saturated heterocycles. The Morgan fingerprint density at radius 3 is 2.67 bits per heavy atom. The van der Waals surface area contributed by atoms with Crippen molar-refractivity contribution in [2.45, 2.75) is 6.92 Å². The van der Waals surface area contributed by atoms with E-state index < -0.39 is 0 Å². The Hall–Kier alpha value is -0.590. The molecule has 66 valence electrons. The number of hydrogen-bond acceptors (Lipinski definition) is 3. The van der Waals surface area contributed by atoms with Crippen LogP contribution in [-0.4, -0.2) is 26.3 Å². The number of ether oxygens (including phenoxy) is 1. The number of rotatable bonds is 0. The van der Waals surface area contributed by atoms with Gasteiger partial charge in [0.2, 0.25) is 0 Å². The summed E-state index contributed by atoms with van der Waals surface area (Å²) in [6.45, 7) is 5.65. The molecule has 3 nitrogen and oxygen atoms in total. The topological polar surface area (TPSA) is 45.0 Å². The highest BCUT2D eigenvalue weighted by atomic mass is 16.5. The molecule has 0 bridgehead atoms. The third-order valence-electron chi connectivity index (χ3n) is 3.37. The van der Waals surface area contributed by atoms with E-state index in [1.807, 2.05) is 0 Å². The number of piperidine rings is 1. The average Bonchev–Trinajstić information content (AvgIpc) is 2.00. The molecule has 1 spiro atoms. The summed E-state index contributed by atoms with van der Waals surface area (Å²) in [6.07, 6.45) is 0. The Labute approximate surface area is 72.7 Å². The van der Waals surface area contributed by atoms with Crippen LogP contribution in [0.2, 0.25) is 0 Å². The highest BCUT2D eigenvalue weighted by Crippen LogP contribution is 2.44. The molecule has 1 N–H and O–H groups in total. The van der Waals surface area contributed by atoms with Crippen LogP contribution in [0.25, 0.3) is 0 Å². The van der Waals surface area contributed by atoms with Gasteiger partial charge < -0.3 is 10.1 Å². The monoisotopic (exact) mass is 166 g/mol. The summed E-state index contributed by atoms with van der Waals surface area (Å²) < 4.78 is 5.24. The van der Waals surface area contributed by atoms with Crippen LogP contribution in [0.3, 0.4) is 0 Å². The molecule has 0 aliphatic carbocycles. The number of nitrogens with zero attached hydrogens (tertiary/aromatic N) is 1. The minimum atomic E-state index is 0.148. The van der Waals surface area contributed by atoms with Gasteiger partial charge >= 0.3 is 0 Å². The smallest absolute Gasteiger partial charge is 0.0691 e. The number of hydrogen-bond donors (Lipinski definition) is 1. The van der Waals surface area contributed by atoms with Gasteiger partial charge in [0.05, 0.1) is 25.2 Å². The largest absolute Gasteiger partial charge is 0.380 e. The van der Waals surface area contributed by atoms with Crippen molar-refractivity contribution in [2.75, 3.05) is 26.3 Å². The van der Waals surface area contributed by atoms with E-state index in [9.17, 15) is 0 Å². The first-order chi connectivity index (χ1) is 5.79. The van der Waals surface area contributed by atoms with Crippen molar-refractivity contribution >= 4 is 0 Å². The Bertz CT molecular complexity index is 217. The molecule has 0 amide bonds. The molecule has 3 heteroatoms. The van der Waals surface area contributed by atoms with Crippen LogP contribution in [0.15, 0.2) is 0 Å². The van der Waals surface area contributed by atoms with Gasteiger partial charge in [0.25, 0.3) is 0 Å². The first-order valence-corrected chi connectivity index (χ1v) is 4.48. The Morgan fingerprint density at radius 2 is 2.25 bits per heavy atom. The van der Waals surface area contributed by atoms with Crippen LogP contribution in [0, 0.1) is 28.6 Å². The highest BCUT2D eigenvalue weighted by molar-refractivity contribution is 5.07. The van der Waals surface area contributed by atoms with E-state index in [0.717, 1.165) is 26.3 Å². The lowest BCUT2D eigenvalue weighted by atomic mass is 9.64. The summed E-state index contributed by atoms with van der Waals surface area (Å²) in [5.74, 6) is 0.722. The van der Waals surface area contributed by atoms with Gasteiger partial charge in [-0.2, -0.15) is 5.26 Å². The first-order valence-electron chi connectivity index (χ1n) is 4.48. The van der Waals surface area contributed by atoms with Gasteiger partial charge in [0, 0.05) is 12.0 Å². The van der Waals surface area contributed by atoms with E-state index in [2.05, 4.69) is 18.3 Å². The summed E-state index contributed by atoms with van der Waals surface area (Å²) in [7, 11) is 0. The molecule has 0 saturated carbocycles. The Morgan fingerprint density at radius 1 is 1.50 bits per heavy atom. The quantitative estimate of drug-likeness (QED) is 0.566. The fourth-order valence-electron chi connectivity index (χ4n) is 2.19. The Kier molecular flexibility index (Phi) is 1.82. The van der Waals surface area contributed by atoms with E-state index in [1.165, 1.54) is 0 Å². The van der Waals surface area contributed by atoms with Gasteiger partial charge in [0.1, 0.15) is 0 Å². The van der Waals surface area contributed by atoms with Crippen molar-refractivity contribution < 1.29 is 4.74 Å². The summed E-state index contributed by atoms with van der Waals surface area (Å²) in [6, 6.07) is 2.38. The van der Waals surface area contributed by atoms with Crippen molar-refractivity contribution in [1.29, 1.82) is 5.26 Å². The van der Waals surface area contributed by atoms with Gasteiger partial charge in [-0.1, -0.05) is 6.92 Å². The minimum absolute atomic E-state index is 0.148. The molecule has 0 aromatic rings. The maximum atomic E-state index is 8.96. The molecule has 2 fully saturated rings. The van der Waals surface area contributed by atoms with Gasteiger partial charge in [-0.15, -0.1) is 0 Å². The molecule has 12 heavy (non-hydrogen) atoms. The molecule has 2 rings (SSSR count). The van der Waals surface area contributed by atoms with Crippen molar-refractivity contribution in [3.8, 4) is 6.07 Å². The zero-order valence-corrected chi connectivity index (χ0v) is 7.34. The molecular weight excluding hydrogens is 152 g/mol. The van der Waals surface area contributed by atoms with E-state index in [-0.39, 0.29) is 11.3 Å². The molecule has 2 heterocycles. The third kappa shape index (κ3) is 0.886. The second-order valence-electron chi connectivity index (χ2n) is 3.97. The van der Waals surface area contributed by atoms with E-state index in [4.69, 9.17) is 10.00 Å². The van der Waals surface area contributed by atoms with Crippen molar-refractivity contribution in [1.82, 2.24) is 5.32 Å². The van der Waals surface area contributed by atoms with Crippen LogP contribution < -0.4 is 5.32 Å². The van der Waals surface area contributed by atoms with Crippen molar-refractivity contribution in [2.24, 2.45) is 17.3 Å². The van der Waals surface area contributed by atoms with Gasteiger partial charge in [0.15, 0.2) is 0 Å². The lowest BCUT2D eigenvalue weighted by molar-refractivity contribution is -0.171. The predicted octanol–water partition coefficient (Wildman–Crippen LogP) is 0.382. The third-order valence-corrected chi connectivity index (χ3v) is 3.37. The molecule has 2 aliphatic heterocycles. The molecule has 0 aromatic heterocycles. The van der Waals surface area contributed by atoms with Gasteiger partial charge in [-0.05, 0) is 12.5 Å². The SMILES string of the molecule is CC1CNCC(C#N)C12COC2. The highest BCUT2D eigenvalue weighted by Gasteiger charge is 2.51. The van der Waals surface area contributed by atoms with Crippen LogP contribution in [0.4, 0.5) is 0 Å². The summed E-state index contributed by atoms with van der Waals surface area (Å²) in [5.41, 5.74) is 0.181. The van der Waals surface area contributed by atoms with Crippen LogP contribution in [0.1, 0.15) is 6.92 Å². The maximum Gasteiger partial charge on any atom is 0.0691 e. The van der Waals surface area contributed by atoms with Crippen molar-refractivity contribution in [3.63, 3.8) is 0 Å². The lowest BCUT2D eigenvalue weighted by Crippen LogP contribution is -2.60. The fourth-order valence-corrected chi connectivity index (χ4v) is 2.19. The summed E-state index contributed by atoms with van der Waals surface area (Å²) in [5, 5.41) is 12.2. The molecule has 2 aliphatic rings. The van der Waals surface area contributed by atoms with E-state index in [1.54, 1.807) is 0 Å². The standard InChI is InChI=1S/C9H14N2O/c1-7-3-11-4-8(2-10)9(7)5-12-6-9/h7-8,11H,3-6H2,1H3. The predicted molar refractivity (Wildman–Crippen MR) is 44.4 cm³/mol. The van der Waals surface area contributed by atoms with E-state index >= 15 is 0 Å². The zero-order chi connectivity index (χ0) is 8.60. The zero-order valence-electron chi connectivity index (χ0n) is 7.34. The summed E-state index contributed by atoms with van der Waals surface area (Å²) >= 11 is 0. The van der Waals surface area contributed by atoms with Crippen LogP contribution in [-0.2, 0) is 4.74 Å². The fraction of sp³-hybridized carbons (Fsp3) is 0.889. The average molecular weight is 166 g/mol. The molecule has 2 atom stereocenters. The normalized spacial score (nSPS) is 38.7. The second kappa shape index (κ2) is 2.72. The van der Waals surface area contributed by atoms with Gasteiger partial charge in [-0.3, -0.25) is 0 Å². The molecular formula is C9H14N2O. The van der Waals surface area contributed by atoms with Crippen molar-refractivity contribution in [3.05, 3.63) is 0 Å². The number of nitrogens with one attached hydrogen (secondary N) is 1. The number of nitriles is 1. The first kappa shape index (κ1) is 8.03. The van der Waals surface area contributed by atoms with Crippen LogP contribution >= 0.6 is 0 Å². The summed E-state index contributed by atoms with van der Waals surface area (Å²) in [4.78, 5) is 0. The Balaban J connectivity index is 2.18. The second-order valence-corrected chi connectivity index (χ2v) is 3.97. The minimum Gasteiger partial charge on any atom is -0.380 e. The molecule has 0 aromatic carbocycles. The molecule has 0 radical (unpaired) electrons. The van der Waals surface area contributed by atoms with Gasteiger partial charge in [-0.25, -0.2) is 0 Å². The van der Waals surface area contributed by atoms with Crippen LogP contribution in [0.5, 0.6) is 0 Å².